The average molecular weight is 320 g/mol. The van der Waals surface area contributed by atoms with Crippen molar-refractivity contribution in [2.24, 2.45) is 0 Å². The fourth-order valence-electron chi connectivity index (χ4n) is 2.25. The molecule has 0 saturated carbocycles. The molecule has 5 heteroatoms. The van der Waals surface area contributed by atoms with Crippen LogP contribution in [0.3, 0.4) is 0 Å². The highest BCUT2D eigenvalue weighted by molar-refractivity contribution is 6.06. The summed E-state index contributed by atoms with van der Waals surface area (Å²) in [4.78, 5) is 16.6. The van der Waals surface area contributed by atoms with Crippen molar-refractivity contribution in [2.75, 3.05) is 11.9 Å². The monoisotopic (exact) mass is 320 g/mol. The van der Waals surface area contributed by atoms with E-state index in [2.05, 4.69) is 16.2 Å². The molecule has 0 radical (unpaired) electrons. The molecule has 1 N–H and O–H groups in total. The van der Waals surface area contributed by atoms with Crippen molar-refractivity contribution in [3.63, 3.8) is 0 Å². The number of pyridine rings is 1. The van der Waals surface area contributed by atoms with Crippen LogP contribution in [0.15, 0.2) is 54.7 Å². The van der Waals surface area contributed by atoms with Gasteiger partial charge in [-0.25, -0.2) is 4.39 Å². The van der Waals surface area contributed by atoms with Crippen LogP contribution in [0.4, 0.5) is 10.1 Å². The number of nitrogens with zero attached hydrogens (tertiary/aromatic N) is 1. The number of rotatable bonds is 4. The molecule has 1 heterocycles. The molecule has 0 bridgehead atoms. The lowest BCUT2D eigenvalue weighted by atomic mass is 10.1. The van der Waals surface area contributed by atoms with Crippen molar-refractivity contribution in [1.82, 2.24) is 4.98 Å². The Bertz CT molecular complexity index is 947. The van der Waals surface area contributed by atoms with Gasteiger partial charge in [-0.05, 0) is 36.4 Å². The lowest BCUT2D eigenvalue weighted by Gasteiger charge is -2.10. The summed E-state index contributed by atoms with van der Waals surface area (Å²) >= 11 is 0. The first-order chi connectivity index (χ1) is 11.7. The zero-order chi connectivity index (χ0) is 16.9. The van der Waals surface area contributed by atoms with Gasteiger partial charge in [0, 0.05) is 17.1 Å². The van der Waals surface area contributed by atoms with Gasteiger partial charge in [0.05, 0.1) is 11.2 Å². The zero-order valence-electron chi connectivity index (χ0n) is 12.6. The first-order valence-corrected chi connectivity index (χ1v) is 7.20. The lowest BCUT2D eigenvalue weighted by Crippen LogP contribution is -2.13. The van der Waals surface area contributed by atoms with Crippen LogP contribution in [0.25, 0.3) is 10.9 Å². The molecule has 24 heavy (non-hydrogen) atoms. The average Bonchev–Trinajstić information content (AvgIpc) is 2.62. The first-order valence-electron chi connectivity index (χ1n) is 7.20. The third kappa shape index (κ3) is 3.18. The van der Waals surface area contributed by atoms with Crippen molar-refractivity contribution < 1.29 is 13.9 Å². The van der Waals surface area contributed by atoms with Gasteiger partial charge in [-0.3, -0.25) is 9.78 Å². The summed E-state index contributed by atoms with van der Waals surface area (Å²) in [6, 6.07) is 13.2. The van der Waals surface area contributed by atoms with Gasteiger partial charge < -0.3 is 10.1 Å². The van der Waals surface area contributed by atoms with Gasteiger partial charge in [0.1, 0.15) is 6.61 Å². The van der Waals surface area contributed by atoms with Crippen LogP contribution in [0, 0.1) is 18.2 Å². The molecule has 0 aliphatic carbocycles. The number of ether oxygens (including phenoxy) is 1. The number of aromatic nitrogens is 1. The number of hydrogen-bond acceptors (Lipinski definition) is 3. The summed E-state index contributed by atoms with van der Waals surface area (Å²) in [5.41, 5.74) is 1.22. The molecule has 118 valence electrons. The molecule has 1 amide bonds. The third-order valence-electron chi connectivity index (χ3n) is 3.39. The summed E-state index contributed by atoms with van der Waals surface area (Å²) < 4.78 is 19.4. The minimum atomic E-state index is -0.663. The molecular weight excluding hydrogens is 307 g/mol. The van der Waals surface area contributed by atoms with E-state index in [1.54, 1.807) is 36.5 Å². The fourth-order valence-corrected chi connectivity index (χ4v) is 2.25. The van der Waals surface area contributed by atoms with E-state index in [9.17, 15) is 9.18 Å². The van der Waals surface area contributed by atoms with Crippen molar-refractivity contribution in [2.45, 2.75) is 0 Å². The molecule has 0 unspecified atom stereocenters. The zero-order valence-corrected chi connectivity index (χ0v) is 12.6. The standard InChI is InChI=1S/C19H13FN2O2/c1-2-11-24-17-7-3-6-16(18(17)20)22-19(23)14-8-9-15-13(12-14)5-4-10-21-15/h1,3-10,12H,11H2,(H,22,23). The number of carbonyl (C=O) groups is 1. The summed E-state index contributed by atoms with van der Waals surface area (Å²) in [5.74, 6) is 1.17. The summed E-state index contributed by atoms with van der Waals surface area (Å²) in [5, 5.41) is 3.37. The Morgan fingerprint density at radius 1 is 1.25 bits per heavy atom. The van der Waals surface area contributed by atoms with Gasteiger partial charge in [-0.1, -0.05) is 18.1 Å². The number of fused-ring (bicyclic) bond motifs is 1. The second-order valence-corrected chi connectivity index (χ2v) is 4.98. The molecule has 2 aromatic carbocycles. The summed E-state index contributed by atoms with van der Waals surface area (Å²) in [6.07, 6.45) is 6.77. The number of halogens is 1. The molecule has 0 aliphatic heterocycles. The van der Waals surface area contributed by atoms with Crippen LogP contribution >= 0.6 is 0 Å². The maximum Gasteiger partial charge on any atom is 0.255 e. The highest BCUT2D eigenvalue weighted by Gasteiger charge is 2.13. The Balaban J connectivity index is 1.85. The fraction of sp³-hybridized carbons (Fsp3) is 0.0526. The van der Waals surface area contributed by atoms with E-state index in [0.717, 1.165) is 10.9 Å². The molecular formula is C19H13FN2O2. The van der Waals surface area contributed by atoms with E-state index >= 15 is 0 Å². The van der Waals surface area contributed by atoms with Crippen molar-refractivity contribution in [1.29, 1.82) is 0 Å². The topological polar surface area (TPSA) is 51.2 Å². The number of anilines is 1. The molecule has 3 aromatic rings. The molecule has 0 spiro atoms. The number of hydrogen-bond donors (Lipinski definition) is 1. The van der Waals surface area contributed by atoms with E-state index in [0.29, 0.717) is 5.56 Å². The van der Waals surface area contributed by atoms with E-state index < -0.39 is 11.7 Å². The highest BCUT2D eigenvalue weighted by atomic mass is 19.1. The quantitative estimate of drug-likeness (QED) is 0.747. The van der Waals surface area contributed by atoms with E-state index in [1.807, 2.05) is 6.07 Å². The maximum atomic E-state index is 14.3. The molecule has 3 rings (SSSR count). The van der Waals surface area contributed by atoms with Crippen LogP contribution in [0.2, 0.25) is 0 Å². The Hall–Kier alpha value is -3.39. The Kier molecular flexibility index (Phi) is 4.39. The van der Waals surface area contributed by atoms with Crippen molar-refractivity contribution in [3.8, 4) is 18.1 Å². The predicted molar refractivity (Wildman–Crippen MR) is 90.4 cm³/mol. The highest BCUT2D eigenvalue weighted by Crippen LogP contribution is 2.25. The molecule has 4 nitrogen and oxygen atoms in total. The Labute approximate surface area is 138 Å². The van der Waals surface area contributed by atoms with E-state index in [1.165, 1.54) is 12.1 Å². The normalized spacial score (nSPS) is 10.2. The largest absolute Gasteiger partial charge is 0.478 e. The number of nitrogens with one attached hydrogen (secondary N) is 1. The van der Waals surface area contributed by atoms with Gasteiger partial charge in [0.25, 0.3) is 5.91 Å². The first kappa shape index (κ1) is 15.5. The smallest absolute Gasteiger partial charge is 0.255 e. The van der Waals surface area contributed by atoms with E-state index in [4.69, 9.17) is 11.2 Å². The second-order valence-electron chi connectivity index (χ2n) is 4.98. The molecule has 0 fully saturated rings. The molecule has 0 atom stereocenters. The van der Waals surface area contributed by atoms with Crippen LogP contribution in [0.5, 0.6) is 5.75 Å². The maximum absolute atomic E-state index is 14.3. The van der Waals surface area contributed by atoms with Crippen molar-refractivity contribution in [3.05, 3.63) is 66.1 Å². The molecule has 1 aromatic heterocycles. The van der Waals surface area contributed by atoms with Gasteiger partial charge in [-0.2, -0.15) is 0 Å². The number of carbonyl (C=O) groups excluding carboxylic acids is 1. The van der Waals surface area contributed by atoms with Crippen LogP contribution in [-0.2, 0) is 0 Å². The summed E-state index contributed by atoms with van der Waals surface area (Å²) in [7, 11) is 0. The number of amides is 1. The van der Waals surface area contributed by atoms with Gasteiger partial charge in [-0.15, -0.1) is 6.42 Å². The number of terminal acetylenes is 1. The Morgan fingerprint density at radius 2 is 2.12 bits per heavy atom. The van der Waals surface area contributed by atoms with Crippen LogP contribution < -0.4 is 10.1 Å². The van der Waals surface area contributed by atoms with Crippen molar-refractivity contribution >= 4 is 22.5 Å². The lowest BCUT2D eigenvalue weighted by molar-refractivity contribution is 0.102. The van der Waals surface area contributed by atoms with Crippen LogP contribution in [0.1, 0.15) is 10.4 Å². The van der Waals surface area contributed by atoms with Crippen LogP contribution in [-0.4, -0.2) is 17.5 Å². The van der Waals surface area contributed by atoms with Gasteiger partial charge >= 0.3 is 0 Å². The minimum absolute atomic E-state index is 0.00605. The predicted octanol–water partition coefficient (Wildman–Crippen LogP) is 3.64. The van der Waals surface area contributed by atoms with Gasteiger partial charge in [0.2, 0.25) is 0 Å². The third-order valence-corrected chi connectivity index (χ3v) is 3.39. The number of benzene rings is 2. The minimum Gasteiger partial charge on any atom is -0.478 e. The second kappa shape index (κ2) is 6.80. The SMILES string of the molecule is C#CCOc1cccc(NC(=O)c2ccc3ncccc3c2)c1F. The Morgan fingerprint density at radius 3 is 2.96 bits per heavy atom. The molecule has 0 aliphatic rings. The summed E-state index contributed by atoms with van der Waals surface area (Å²) in [6.45, 7) is -0.0496. The van der Waals surface area contributed by atoms with Gasteiger partial charge in [0.15, 0.2) is 11.6 Å². The molecule has 0 saturated heterocycles. The van der Waals surface area contributed by atoms with E-state index in [-0.39, 0.29) is 18.0 Å².